The van der Waals surface area contributed by atoms with Gasteiger partial charge < -0.3 is 9.80 Å². The molecule has 0 bridgehead atoms. The summed E-state index contributed by atoms with van der Waals surface area (Å²) in [5.41, 5.74) is -0.0888. The molecule has 0 saturated carbocycles. The first-order valence-corrected chi connectivity index (χ1v) is 5.54. The Kier molecular flexibility index (Phi) is 4.30. The lowest BCUT2D eigenvalue weighted by Gasteiger charge is -2.10. The van der Waals surface area contributed by atoms with Crippen LogP contribution in [0.5, 0.6) is 0 Å². The van der Waals surface area contributed by atoms with Crippen LogP contribution < -0.4 is 5.56 Å². The van der Waals surface area contributed by atoms with Crippen molar-refractivity contribution in [2.45, 2.75) is 13.0 Å². The third kappa shape index (κ3) is 3.22. The van der Waals surface area contributed by atoms with E-state index in [9.17, 15) is 14.4 Å². The molecule has 0 aliphatic carbocycles. The molecular weight excluding hydrogens is 236 g/mol. The number of aryl methyl sites for hydroxylation is 1. The Labute approximate surface area is 105 Å². The molecule has 0 aromatic carbocycles. The summed E-state index contributed by atoms with van der Waals surface area (Å²) in [5, 5.41) is 2.70. The van der Waals surface area contributed by atoms with Crippen molar-refractivity contribution in [3.8, 4) is 0 Å². The second-order valence-electron chi connectivity index (χ2n) is 4.40. The van der Waals surface area contributed by atoms with Crippen LogP contribution in [-0.2, 0) is 11.3 Å². The van der Waals surface area contributed by atoms with E-state index in [-0.39, 0.29) is 36.0 Å². The maximum absolute atomic E-state index is 11.6. The molecule has 1 rings (SSSR count). The van der Waals surface area contributed by atoms with Crippen LogP contribution in [0.3, 0.4) is 0 Å². The van der Waals surface area contributed by atoms with Gasteiger partial charge in [-0.05, 0) is 0 Å². The molecule has 2 amide bonds. The average molecular weight is 254 g/mol. The lowest BCUT2D eigenvalue weighted by atomic mass is 10.4. The molecule has 0 fully saturated rings. The number of aromatic amines is 1. The SMILES string of the molecule is CN(C)C(=O)CCn1[nH]c(C(=O)N(C)C)cc1=O. The van der Waals surface area contributed by atoms with Crippen molar-refractivity contribution in [2.24, 2.45) is 0 Å². The Bertz CT molecular complexity index is 499. The zero-order valence-corrected chi connectivity index (χ0v) is 11.1. The highest BCUT2D eigenvalue weighted by atomic mass is 16.2. The number of hydrogen-bond donors (Lipinski definition) is 1. The smallest absolute Gasteiger partial charge is 0.271 e. The van der Waals surface area contributed by atoms with Gasteiger partial charge in [0.25, 0.3) is 11.5 Å². The first-order chi connectivity index (χ1) is 8.32. The summed E-state index contributed by atoms with van der Waals surface area (Å²) in [6, 6.07) is 1.24. The average Bonchev–Trinajstić information content (AvgIpc) is 2.66. The van der Waals surface area contributed by atoms with Crippen molar-refractivity contribution in [1.29, 1.82) is 0 Å². The number of carbonyl (C=O) groups excluding carboxylic acids is 2. The van der Waals surface area contributed by atoms with Crippen LogP contribution in [0.2, 0.25) is 0 Å². The molecule has 0 aliphatic rings. The van der Waals surface area contributed by atoms with Gasteiger partial charge in [0.05, 0.1) is 6.54 Å². The number of carbonyl (C=O) groups is 2. The molecule has 18 heavy (non-hydrogen) atoms. The monoisotopic (exact) mass is 254 g/mol. The van der Waals surface area contributed by atoms with Crippen molar-refractivity contribution in [3.05, 3.63) is 22.1 Å². The minimum atomic E-state index is -0.313. The number of amides is 2. The molecule has 0 radical (unpaired) electrons. The summed E-state index contributed by atoms with van der Waals surface area (Å²) in [5.74, 6) is -0.346. The van der Waals surface area contributed by atoms with Crippen LogP contribution in [0, 0.1) is 0 Å². The van der Waals surface area contributed by atoms with Gasteiger partial charge >= 0.3 is 0 Å². The fraction of sp³-hybridized carbons (Fsp3) is 0.545. The largest absolute Gasteiger partial charge is 0.349 e. The van der Waals surface area contributed by atoms with Crippen LogP contribution >= 0.6 is 0 Å². The molecule has 0 spiro atoms. The van der Waals surface area contributed by atoms with E-state index in [2.05, 4.69) is 5.10 Å². The summed E-state index contributed by atoms with van der Waals surface area (Å²) < 4.78 is 1.26. The van der Waals surface area contributed by atoms with Gasteiger partial charge in [0.15, 0.2) is 0 Å². The van der Waals surface area contributed by atoms with Crippen LogP contribution in [0.4, 0.5) is 0 Å². The third-order valence-electron chi connectivity index (χ3n) is 2.47. The van der Waals surface area contributed by atoms with Gasteiger partial charge in [-0.2, -0.15) is 0 Å². The van der Waals surface area contributed by atoms with E-state index in [0.717, 1.165) is 0 Å². The molecule has 100 valence electrons. The number of nitrogens with one attached hydrogen (secondary N) is 1. The van der Waals surface area contributed by atoms with Crippen LogP contribution in [0.25, 0.3) is 0 Å². The number of H-pyrrole nitrogens is 1. The van der Waals surface area contributed by atoms with Crippen LogP contribution in [-0.4, -0.2) is 59.6 Å². The Morgan fingerprint density at radius 3 is 2.33 bits per heavy atom. The Morgan fingerprint density at radius 2 is 1.83 bits per heavy atom. The molecule has 0 unspecified atom stereocenters. The molecule has 1 aromatic heterocycles. The highest BCUT2D eigenvalue weighted by Gasteiger charge is 2.13. The van der Waals surface area contributed by atoms with Gasteiger partial charge in [-0.15, -0.1) is 0 Å². The fourth-order valence-electron chi connectivity index (χ4n) is 1.38. The summed E-state index contributed by atoms with van der Waals surface area (Å²) in [7, 11) is 6.52. The van der Waals surface area contributed by atoms with Crippen LogP contribution in [0.15, 0.2) is 10.9 Å². The van der Waals surface area contributed by atoms with Gasteiger partial charge in [-0.25, -0.2) is 0 Å². The van der Waals surface area contributed by atoms with E-state index < -0.39 is 0 Å². The van der Waals surface area contributed by atoms with Gasteiger partial charge in [0.1, 0.15) is 5.69 Å². The molecule has 0 atom stereocenters. The Balaban J connectivity index is 2.77. The molecule has 1 heterocycles. The molecule has 7 nitrogen and oxygen atoms in total. The second-order valence-corrected chi connectivity index (χ2v) is 4.40. The summed E-state index contributed by atoms with van der Waals surface area (Å²) in [6.07, 6.45) is 0.211. The lowest BCUT2D eigenvalue weighted by molar-refractivity contribution is -0.128. The minimum absolute atomic E-state index is 0.0722. The van der Waals surface area contributed by atoms with Crippen molar-refractivity contribution < 1.29 is 9.59 Å². The number of hydrogen-bond acceptors (Lipinski definition) is 3. The molecule has 1 aromatic rings. The third-order valence-corrected chi connectivity index (χ3v) is 2.47. The van der Waals surface area contributed by atoms with Gasteiger partial charge in [-0.1, -0.05) is 0 Å². The zero-order valence-electron chi connectivity index (χ0n) is 11.1. The predicted octanol–water partition coefficient (Wildman–Crippen LogP) is -0.643. The zero-order chi connectivity index (χ0) is 13.9. The standard InChI is InChI=1S/C11H18N4O3/c1-13(2)9(16)5-6-15-10(17)7-8(12-15)11(18)14(3)4/h7,12H,5-6H2,1-4H3. The highest BCUT2D eigenvalue weighted by Crippen LogP contribution is 1.97. The lowest BCUT2D eigenvalue weighted by Crippen LogP contribution is -2.25. The van der Waals surface area contributed by atoms with E-state index in [4.69, 9.17) is 0 Å². The fourth-order valence-corrected chi connectivity index (χ4v) is 1.38. The number of aromatic nitrogens is 2. The van der Waals surface area contributed by atoms with Crippen LogP contribution in [0.1, 0.15) is 16.9 Å². The topological polar surface area (TPSA) is 78.4 Å². The Hall–Kier alpha value is -2.05. The number of rotatable bonds is 4. The molecule has 0 saturated heterocycles. The highest BCUT2D eigenvalue weighted by molar-refractivity contribution is 5.91. The maximum atomic E-state index is 11.6. The summed E-state index contributed by atoms with van der Waals surface area (Å²) >= 11 is 0. The van der Waals surface area contributed by atoms with Crippen molar-refractivity contribution in [3.63, 3.8) is 0 Å². The van der Waals surface area contributed by atoms with E-state index in [1.807, 2.05) is 0 Å². The van der Waals surface area contributed by atoms with Gasteiger partial charge in [0.2, 0.25) is 5.91 Å². The summed E-state index contributed by atoms with van der Waals surface area (Å²) in [6.45, 7) is 0.233. The predicted molar refractivity (Wildman–Crippen MR) is 66.4 cm³/mol. The van der Waals surface area contributed by atoms with Crippen molar-refractivity contribution in [2.75, 3.05) is 28.2 Å². The minimum Gasteiger partial charge on any atom is -0.349 e. The van der Waals surface area contributed by atoms with E-state index in [1.54, 1.807) is 28.2 Å². The van der Waals surface area contributed by atoms with E-state index >= 15 is 0 Å². The molecule has 7 heteroatoms. The molecular formula is C11H18N4O3. The summed E-state index contributed by atoms with van der Waals surface area (Å²) in [4.78, 5) is 37.4. The van der Waals surface area contributed by atoms with Crippen molar-refractivity contribution in [1.82, 2.24) is 19.6 Å². The first kappa shape index (κ1) is 14.0. The molecule has 1 N–H and O–H groups in total. The van der Waals surface area contributed by atoms with Gasteiger partial charge in [-0.3, -0.25) is 24.2 Å². The van der Waals surface area contributed by atoms with E-state index in [0.29, 0.717) is 0 Å². The van der Waals surface area contributed by atoms with Gasteiger partial charge in [0, 0.05) is 40.7 Å². The first-order valence-electron chi connectivity index (χ1n) is 5.54. The number of nitrogens with zero attached hydrogens (tertiary/aromatic N) is 3. The normalized spacial score (nSPS) is 10.2. The van der Waals surface area contributed by atoms with Crippen molar-refractivity contribution >= 4 is 11.8 Å². The van der Waals surface area contributed by atoms with E-state index in [1.165, 1.54) is 20.5 Å². The Morgan fingerprint density at radius 1 is 1.22 bits per heavy atom. The molecule has 0 aliphatic heterocycles. The maximum Gasteiger partial charge on any atom is 0.271 e. The second kappa shape index (κ2) is 5.52. The quantitative estimate of drug-likeness (QED) is 0.776.